The highest BCUT2D eigenvalue weighted by molar-refractivity contribution is 6.13. The second-order valence-corrected chi connectivity index (χ2v) is 16.1. The van der Waals surface area contributed by atoms with Crippen LogP contribution in [0.3, 0.4) is 0 Å². The Morgan fingerprint density at radius 1 is 0.362 bits per heavy atom. The van der Waals surface area contributed by atoms with Crippen molar-refractivity contribution in [3.8, 4) is 44.7 Å². The SMILES string of the molecule is CC(C)(C)c1c(-c2cccc(N(c3ccc(-c4ccccc4-c4ccccc4)cc3)c3ccc(-c4cc5ccccc5c5ccccc45)cc3)c2)oc2ccccc12. The van der Waals surface area contributed by atoms with Crippen LogP contribution in [-0.2, 0) is 5.41 Å². The van der Waals surface area contributed by atoms with E-state index in [1.807, 2.05) is 6.07 Å². The molecule has 0 aliphatic heterocycles. The number of hydrogen-bond acceptors (Lipinski definition) is 2. The second kappa shape index (κ2) is 14.4. The average molecular weight is 746 g/mol. The van der Waals surface area contributed by atoms with Crippen molar-refractivity contribution >= 4 is 49.6 Å². The zero-order chi connectivity index (χ0) is 39.2. The first-order valence-corrected chi connectivity index (χ1v) is 20.1. The third-order valence-electron chi connectivity index (χ3n) is 11.4. The highest BCUT2D eigenvalue weighted by Gasteiger charge is 2.27. The molecule has 0 fully saturated rings. The molecular formula is C56H43NO. The molecule has 10 rings (SSSR count). The summed E-state index contributed by atoms with van der Waals surface area (Å²) in [6.07, 6.45) is 0. The van der Waals surface area contributed by atoms with E-state index < -0.39 is 0 Å². The van der Waals surface area contributed by atoms with Gasteiger partial charge in [0.2, 0.25) is 0 Å². The summed E-state index contributed by atoms with van der Waals surface area (Å²) < 4.78 is 6.68. The molecule has 10 aromatic rings. The summed E-state index contributed by atoms with van der Waals surface area (Å²) in [5.74, 6) is 0.918. The van der Waals surface area contributed by atoms with Crippen LogP contribution < -0.4 is 4.90 Å². The molecule has 0 radical (unpaired) electrons. The van der Waals surface area contributed by atoms with Crippen LogP contribution in [0.4, 0.5) is 17.1 Å². The highest BCUT2D eigenvalue weighted by Crippen LogP contribution is 2.44. The van der Waals surface area contributed by atoms with E-state index in [-0.39, 0.29) is 5.41 Å². The fourth-order valence-corrected chi connectivity index (χ4v) is 8.70. The number of benzene rings is 9. The third kappa shape index (κ3) is 6.33. The maximum absolute atomic E-state index is 6.68. The summed E-state index contributed by atoms with van der Waals surface area (Å²) in [6, 6.07) is 74.3. The minimum atomic E-state index is -0.119. The van der Waals surface area contributed by atoms with Gasteiger partial charge in [0.05, 0.1) is 0 Å². The van der Waals surface area contributed by atoms with Gasteiger partial charge in [-0.3, -0.25) is 0 Å². The Morgan fingerprint density at radius 2 is 0.879 bits per heavy atom. The molecule has 9 aromatic carbocycles. The standard InChI is InChI=1S/C56H43NO/c1-56(2,3)54-51-26-13-14-27-53(51)58-55(54)42-19-15-20-45(36-42)57(43-32-28-39(29-33-43)47-22-10-9-21-46(47)38-16-5-4-6-17-38)44-34-30-40(31-35-44)52-37-41-18-7-8-23-48(41)49-24-11-12-25-50(49)52/h4-37H,1-3H3. The minimum Gasteiger partial charge on any atom is -0.456 e. The zero-order valence-electron chi connectivity index (χ0n) is 33.0. The minimum absolute atomic E-state index is 0.119. The molecule has 278 valence electrons. The van der Waals surface area contributed by atoms with E-state index in [4.69, 9.17) is 4.42 Å². The van der Waals surface area contributed by atoms with E-state index in [2.05, 4.69) is 226 Å². The molecule has 0 spiro atoms. The van der Waals surface area contributed by atoms with Gasteiger partial charge in [0, 0.05) is 33.6 Å². The van der Waals surface area contributed by atoms with E-state index in [0.717, 1.165) is 39.4 Å². The van der Waals surface area contributed by atoms with Gasteiger partial charge in [-0.2, -0.15) is 0 Å². The smallest absolute Gasteiger partial charge is 0.139 e. The lowest BCUT2D eigenvalue weighted by Crippen LogP contribution is -2.12. The Morgan fingerprint density at radius 3 is 1.55 bits per heavy atom. The Balaban J connectivity index is 1.11. The van der Waals surface area contributed by atoms with Gasteiger partial charge in [-0.05, 0) is 109 Å². The molecule has 1 aromatic heterocycles. The summed E-state index contributed by atoms with van der Waals surface area (Å²) in [5, 5.41) is 6.21. The largest absolute Gasteiger partial charge is 0.456 e. The third-order valence-corrected chi connectivity index (χ3v) is 11.4. The second-order valence-electron chi connectivity index (χ2n) is 16.1. The number of rotatable bonds is 7. The van der Waals surface area contributed by atoms with Crippen molar-refractivity contribution in [2.75, 3.05) is 4.90 Å². The lowest BCUT2D eigenvalue weighted by atomic mass is 9.83. The highest BCUT2D eigenvalue weighted by atomic mass is 16.3. The maximum atomic E-state index is 6.68. The molecule has 0 unspecified atom stereocenters. The van der Waals surface area contributed by atoms with Gasteiger partial charge in [0.25, 0.3) is 0 Å². The molecule has 58 heavy (non-hydrogen) atoms. The van der Waals surface area contributed by atoms with Gasteiger partial charge in [0.15, 0.2) is 0 Å². The molecule has 0 aliphatic rings. The van der Waals surface area contributed by atoms with Crippen molar-refractivity contribution in [2.45, 2.75) is 26.2 Å². The van der Waals surface area contributed by atoms with E-state index in [9.17, 15) is 0 Å². The van der Waals surface area contributed by atoms with Crippen molar-refractivity contribution < 1.29 is 4.42 Å². The summed E-state index contributed by atoms with van der Waals surface area (Å²) in [7, 11) is 0. The van der Waals surface area contributed by atoms with Gasteiger partial charge >= 0.3 is 0 Å². The topological polar surface area (TPSA) is 16.4 Å². The van der Waals surface area contributed by atoms with Gasteiger partial charge in [-0.1, -0.05) is 178 Å². The van der Waals surface area contributed by atoms with Gasteiger partial charge < -0.3 is 9.32 Å². The Hall–Kier alpha value is -7.16. The van der Waals surface area contributed by atoms with E-state index in [0.29, 0.717) is 0 Å². The molecular weight excluding hydrogens is 703 g/mol. The summed E-state index contributed by atoms with van der Waals surface area (Å²) in [4.78, 5) is 2.36. The van der Waals surface area contributed by atoms with E-state index in [1.165, 1.54) is 60.5 Å². The van der Waals surface area contributed by atoms with Crippen LogP contribution in [0.2, 0.25) is 0 Å². The molecule has 0 saturated heterocycles. The number of furan rings is 1. The van der Waals surface area contributed by atoms with Crippen molar-refractivity contribution in [3.63, 3.8) is 0 Å². The Bertz CT molecular complexity index is 3080. The molecule has 0 aliphatic carbocycles. The fraction of sp³-hybridized carbons (Fsp3) is 0.0714. The zero-order valence-corrected chi connectivity index (χ0v) is 33.0. The molecule has 2 heteroatoms. The first-order chi connectivity index (χ1) is 28.4. The number of nitrogens with zero attached hydrogens (tertiary/aromatic N) is 1. The van der Waals surface area contributed by atoms with Gasteiger partial charge in [0.1, 0.15) is 11.3 Å². The molecule has 1 heterocycles. The number of hydrogen-bond donors (Lipinski definition) is 0. The first-order valence-electron chi connectivity index (χ1n) is 20.1. The quantitative estimate of drug-likeness (QED) is 0.151. The summed E-state index contributed by atoms with van der Waals surface area (Å²) >= 11 is 0. The van der Waals surface area contributed by atoms with Crippen LogP contribution in [0.15, 0.2) is 211 Å². The van der Waals surface area contributed by atoms with Crippen LogP contribution in [0.1, 0.15) is 26.3 Å². The van der Waals surface area contributed by atoms with Crippen LogP contribution in [0.5, 0.6) is 0 Å². The summed E-state index contributed by atoms with van der Waals surface area (Å²) in [5.41, 5.74) is 13.5. The van der Waals surface area contributed by atoms with Crippen LogP contribution in [0, 0.1) is 0 Å². The van der Waals surface area contributed by atoms with Crippen LogP contribution in [-0.4, -0.2) is 0 Å². The van der Waals surface area contributed by atoms with E-state index >= 15 is 0 Å². The van der Waals surface area contributed by atoms with Gasteiger partial charge in [-0.25, -0.2) is 0 Å². The number of fused-ring (bicyclic) bond motifs is 4. The van der Waals surface area contributed by atoms with Crippen LogP contribution in [0.25, 0.3) is 77.2 Å². The van der Waals surface area contributed by atoms with Crippen molar-refractivity contribution in [3.05, 3.63) is 212 Å². The van der Waals surface area contributed by atoms with Crippen LogP contribution >= 0.6 is 0 Å². The number of anilines is 3. The molecule has 0 bridgehead atoms. The molecule has 0 atom stereocenters. The monoisotopic (exact) mass is 745 g/mol. The Labute approximate surface area is 340 Å². The lowest BCUT2D eigenvalue weighted by molar-refractivity contribution is 0.568. The van der Waals surface area contributed by atoms with Crippen molar-refractivity contribution in [2.24, 2.45) is 0 Å². The average Bonchev–Trinajstić information content (AvgIpc) is 3.68. The lowest BCUT2D eigenvalue weighted by Gasteiger charge is -2.27. The Kier molecular flexibility index (Phi) is 8.76. The van der Waals surface area contributed by atoms with Gasteiger partial charge in [-0.15, -0.1) is 0 Å². The molecule has 0 N–H and O–H groups in total. The predicted molar refractivity (Wildman–Crippen MR) is 246 cm³/mol. The fourth-order valence-electron chi connectivity index (χ4n) is 8.70. The molecule has 2 nitrogen and oxygen atoms in total. The van der Waals surface area contributed by atoms with E-state index in [1.54, 1.807) is 0 Å². The van der Waals surface area contributed by atoms with Crippen molar-refractivity contribution in [1.82, 2.24) is 0 Å². The normalized spacial score (nSPS) is 11.7. The first kappa shape index (κ1) is 35.3. The molecule has 0 saturated carbocycles. The number of para-hydroxylation sites is 1. The maximum Gasteiger partial charge on any atom is 0.139 e. The summed E-state index contributed by atoms with van der Waals surface area (Å²) in [6.45, 7) is 6.80. The molecule has 0 amide bonds. The predicted octanol–water partition coefficient (Wildman–Crippen LogP) is 16.2. The van der Waals surface area contributed by atoms with Crippen molar-refractivity contribution in [1.29, 1.82) is 0 Å².